The quantitative estimate of drug-likeness (QED) is 0.844. The number of amides is 1. The van der Waals surface area contributed by atoms with Crippen molar-refractivity contribution in [3.05, 3.63) is 71.3 Å². The highest BCUT2D eigenvalue weighted by Gasteiger charge is 2.52. The lowest BCUT2D eigenvalue weighted by molar-refractivity contribution is -0.133. The summed E-state index contributed by atoms with van der Waals surface area (Å²) in [6.45, 7) is 0.231. The molecule has 3 rings (SSSR count). The van der Waals surface area contributed by atoms with Gasteiger partial charge in [0.1, 0.15) is 11.6 Å². The van der Waals surface area contributed by atoms with Crippen molar-refractivity contribution in [3.63, 3.8) is 0 Å². The molecule has 22 heavy (non-hydrogen) atoms. The molecule has 0 aliphatic heterocycles. The van der Waals surface area contributed by atoms with Gasteiger partial charge in [0.05, 0.1) is 5.41 Å². The number of carbonyl (C=O) groups excluding carboxylic acids is 1. The van der Waals surface area contributed by atoms with Crippen molar-refractivity contribution in [2.45, 2.75) is 24.8 Å². The van der Waals surface area contributed by atoms with E-state index in [0.29, 0.717) is 5.56 Å². The summed E-state index contributed by atoms with van der Waals surface area (Å²) in [7, 11) is 1.68. The number of halogens is 2. The molecule has 2 aromatic rings. The van der Waals surface area contributed by atoms with Crippen LogP contribution in [0.25, 0.3) is 0 Å². The fourth-order valence-corrected chi connectivity index (χ4v) is 2.84. The molecular formula is C18H17F2NO. The van der Waals surface area contributed by atoms with Crippen LogP contribution in [0.5, 0.6) is 0 Å². The van der Waals surface area contributed by atoms with Crippen molar-refractivity contribution in [2.24, 2.45) is 0 Å². The Labute approximate surface area is 128 Å². The summed E-state index contributed by atoms with van der Waals surface area (Å²) in [5.74, 6) is -0.664. The van der Waals surface area contributed by atoms with E-state index in [2.05, 4.69) is 0 Å². The van der Waals surface area contributed by atoms with E-state index in [0.717, 1.165) is 18.4 Å². The van der Waals surface area contributed by atoms with E-state index in [4.69, 9.17) is 0 Å². The first kappa shape index (κ1) is 14.7. The Morgan fingerprint density at radius 3 is 2.32 bits per heavy atom. The summed E-state index contributed by atoms with van der Waals surface area (Å²) in [6, 6.07) is 12.5. The zero-order valence-corrected chi connectivity index (χ0v) is 12.4. The maximum atomic E-state index is 13.7. The molecule has 0 saturated heterocycles. The number of likely N-dealkylation sites (N-methyl/N-ethyl adjacent to an activating group) is 1. The van der Waals surface area contributed by atoms with Gasteiger partial charge in [-0.1, -0.05) is 30.3 Å². The predicted octanol–water partition coefficient (Wildman–Crippen LogP) is 3.66. The van der Waals surface area contributed by atoms with Crippen molar-refractivity contribution in [1.29, 1.82) is 0 Å². The molecular weight excluding hydrogens is 284 g/mol. The molecule has 0 N–H and O–H groups in total. The van der Waals surface area contributed by atoms with E-state index < -0.39 is 5.41 Å². The molecule has 1 aliphatic rings. The Balaban J connectivity index is 1.78. The molecule has 2 aromatic carbocycles. The van der Waals surface area contributed by atoms with Crippen molar-refractivity contribution in [3.8, 4) is 0 Å². The molecule has 1 aliphatic carbocycles. The number of rotatable bonds is 4. The Hall–Kier alpha value is -2.23. The predicted molar refractivity (Wildman–Crippen MR) is 80.2 cm³/mol. The summed E-state index contributed by atoms with van der Waals surface area (Å²) >= 11 is 0. The third-order valence-corrected chi connectivity index (χ3v) is 4.27. The lowest BCUT2D eigenvalue weighted by atomic mass is 9.94. The maximum Gasteiger partial charge on any atom is 0.233 e. The second kappa shape index (κ2) is 5.52. The van der Waals surface area contributed by atoms with Crippen molar-refractivity contribution in [2.75, 3.05) is 7.05 Å². The van der Waals surface area contributed by atoms with E-state index in [-0.39, 0.29) is 24.1 Å². The minimum absolute atomic E-state index is 0.0395. The average molecular weight is 301 g/mol. The minimum Gasteiger partial charge on any atom is -0.341 e. The fourth-order valence-electron chi connectivity index (χ4n) is 2.84. The van der Waals surface area contributed by atoms with Crippen LogP contribution in [0.1, 0.15) is 24.0 Å². The first-order chi connectivity index (χ1) is 10.5. The monoisotopic (exact) mass is 301 g/mol. The van der Waals surface area contributed by atoms with Gasteiger partial charge in [-0.3, -0.25) is 4.79 Å². The van der Waals surface area contributed by atoms with Gasteiger partial charge in [-0.2, -0.15) is 0 Å². The first-order valence-electron chi connectivity index (χ1n) is 7.28. The summed E-state index contributed by atoms with van der Waals surface area (Å²) in [5, 5.41) is 0. The molecule has 0 bridgehead atoms. The highest BCUT2D eigenvalue weighted by atomic mass is 19.1. The van der Waals surface area contributed by atoms with E-state index in [1.807, 2.05) is 0 Å². The van der Waals surface area contributed by atoms with E-state index in [1.54, 1.807) is 42.3 Å². The Morgan fingerprint density at radius 2 is 1.73 bits per heavy atom. The van der Waals surface area contributed by atoms with Crippen molar-refractivity contribution >= 4 is 5.91 Å². The molecule has 1 fully saturated rings. The SMILES string of the molecule is CN(Cc1ccccc1F)C(=O)C1(c2ccc(F)cc2)CC1. The topological polar surface area (TPSA) is 20.3 Å². The molecule has 114 valence electrons. The largest absolute Gasteiger partial charge is 0.341 e. The molecule has 0 radical (unpaired) electrons. The van der Waals surface area contributed by atoms with Crippen LogP contribution in [0, 0.1) is 11.6 Å². The standard InChI is InChI=1S/C18H17F2NO/c1-21(12-13-4-2-3-5-16(13)20)17(22)18(10-11-18)14-6-8-15(19)9-7-14/h2-9H,10-12H2,1H3. The first-order valence-corrected chi connectivity index (χ1v) is 7.28. The van der Waals surface area contributed by atoms with Gasteiger partial charge < -0.3 is 4.90 Å². The molecule has 2 nitrogen and oxygen atoms in total. The lowest BCUT2D eigenvalue weighted by Gasteiger charge is -2.24. The second-order valence-electron chi connectivity index (χ2n) is 5.84. The van der Waals surface area contributed by atoms with Crippen LogP contribution < -0.4 is 0 Å². The summed E-state index contributed by atoms with van der Waals surface area (Å²) in [5.41, 5.74) is 0.765. The second-order valence-corrected chi connectivity index (χ2v) is 5.84. The highest BCUT2D eigenvalue weighted by Crippen LogP contribution is 2.49. The van der Waals surface area contributed by atoms with Crippen LogP contribution in [0.15, 0.2) is 48.5 Å². The smallest absolute Gasteiger partial charge is 0.233 e. The molecule has 0 atom stereocenters. The van der Waals surface area contributed by atoms with Gasteiger partial charge in [0, 0.05) is 19.2 Å². The molecule has 0 heterocycles. The van der Waals surface area contributed by atoms with Gasteiger partial charge in [-0.15, -0.1) is 0 Å². The normalized spacial score (nSPS) is 15.4. The zero-order valence-electron chi connectivity index (χ0n) is 12.4. The Morgan fingerprint density at radius 1 is 1.09 bits per heavy atom. The minimum atomic E-state index is -0.562. The highest BCUT2D eigenvalue weighted by molar-refractivity contribution is 5.91. The summed E-state index contributed by atoms with van der Waals surface area (Å²) in [6.07, 6.45) is 1.50. The molecule has 0 aromatic heterocycles. The molecule has 0 unspecified atom stereocenters. The summed E-state index contributed by atoms with van der Waals surface area (Å²) < 4.78 is 26.8. The van der Waals surface area contributed by atoms with Crippen LogP contribution in [0.3, 0.4) is 0 Å². The van der Waals surface area contributed by atoms with Gasteiger partial charge in [0.25, 0.3) is 0 Å². The van der Waals surface area contributed by atoms with Gasteiger partial charge in [0.15, 0.2) is 0 Å². The average Bonchev–Trinajstić information content (AvgIpc) is 3.31. The van der Waals surface area contributed by atoms with Gasteiger partial charge in [0.2, 0.25) is 5.91 Å². The molecule has 1 amide bonds. The van der Waals surface area contributed by atoms with E-state index in [1.165, 1.54) is 18.2 Å². The third kappa shape index (κ3) is 2.61. The number of hydrogen-bond acceptors (Lipinski definition) is 1. The maximum absolute atomic E-state index is 13.7. The number of carbonyl (C=O) groups is 1. The van der Waals surface area contributed by atoms with Gasteiger partial charge in [-0.25, -0.2) is 8.78 Å². The van der Waals surface area contributed by atoms with Gasteiger partial charge in [-0.05, 0) is 36.6 Å². The van der Waals surface area contributed by atoms with E-state index >= 15 is 0 Å². The van der Waals surface area contributed by atoms with Crippen LogP contribution >= 0.6 is 0 Å². The summed E-state index contributed by atoms with van der Waals surface area (Å²) in [4.78, 5) is 14.3. The van der Waals surface area contributed by atoms with Gasteiger partial charge >= 0.3 is 0 Å². The number of benzene rings is 2. The number of nitrogens with zero attached hydrogens (tertiary/aromatic N) is 1. The Kier molecular flexibility index (Phi) is 3.69. The molecule has 0 spiro atoms. The molecule has 1 saturated carbocycles. The fraction of sp³-hybridized carbons (Fsp3) is 0.278. The Bertz CT molecular complexity index is 692. The van der Waals surface area contributed by atoms with Crippen LogP contribution in [0.4, 0.5) is 8.78 Å². The van der Waals surface area contributed by atoms with Crippen molar-refractivity contribution in [1.82, 2.24) is 4.90 Å². The van der Waals surface area contributed by atoms with Crippen LogP contribution in [-0.2, 0) is 16.8 Å². The zero-order chi connectivity index (χ0) is 15.7. The van der Waals surface area contributed by atoms with Crippen molar-refractivity contribution < 1.29 is 13.6 Å². The van der Waals surface area contributed by atoms with Crippen LogP contribution in [-0.4, -0.2) is 17.9 Å². The lowest BCUT2D eigenvalue weighted by Crippen LogP contribution is -2.36. The molecule has 4 heteroatoms. The number of hydrogen-bond donors (Lipinski definition) is 0. The van der Waals surface area contributed by atoms with Crippen LogP contribution in [0.2, 0.25) is 0 Å². The third-order valence-electron chi connectivity index (χ3n) is 4.27. The van der Waals surface area contributed by atoms with E-state index in [9.17, 15) is 13.6 Å².